The van der Waals surface area contributed by atoms with Crippen LogP contribution in [0.15, 0.2) is 53.6 Å². The first-order valence-corrected chi connectivity index (χ1v) is 8.31. The van der Waals surface area contributed by atoms with Crippen LogP contribution >= 0.6 is 0 Å². The maximum Gasteiger partial charge on any atom is 0.337 e. The molecule has 0 aliphatic carbocycles. The van der Waals surface area contributed by atoms with Gasteiger partial charge in [-0.2, -0.15) is 5.26 Å². The predicted octanol–water partition coefficient (Wildman–Crippen LogP) is 2.06. The number of benzene rings is 2. The second kappa shape index (κ2) is 8.10. The molecule has 1 heterocycles. The van der Waals surface area contributed by atoms with Gasteiger partial charge in [-0.15, -0.1) is 0 Å². The molecule has 3 N–H and O–H groups in total. The van der Waals surface area contributed by atoms with E-state index >= 15 is 0 Å². The smallest absolute Gasteiger partial charge is 0.337 e. The number of nitriles is 1. The summed E-state index contributed by atoms with van der Waals surface area (Å²) in [5.74, 6) is -2.85. The van der Waals surface area contributed by atoms with Gasteiger partial charge in [0.2, 0.25) is 0 Å². The van der Waals surface area contributed by atoms with Crippen LogP contribution in [0, 0.1) is 17.1 Å². The third-order valence-electron chi connectivity index (χ3n) is 4.28. The van der Waals surface area contributed by atoms with Gasteiger partial charge >= 0.3 is 5.97 Å². The first-order chi connectivity index (χ1) is 13.8. The Morgan fingerprint density at radius 3 is 2.55 bits per heavy atom. The number of nitrogens with one attached hydrogen (secondary N) is 1. The number of ether oxygens (including phenoxy) is 2. The SMILES string of the molecule is COc1cccc(-c2ccc(NC(=O)C3=C(C(=O)O)C(O)OC3C#N)c(F)c2)c1. The summed E-state index contributed by atoms with van der Waals surface area (Å²) in [5.41, 5.74) is -0.351. The average Bonchev–Trinajstić information content (AvgIpc) is 3.06. The van der Waals surface area contributed by atoms with Gasteiger partial charge in [0.1, 0.15) is 17.1 Å². The third kappa shape index (κ3) is 3.94. The van der Waals surface area contributed by atoms with Gasteiger partial charge in [-0.05, 0) is 35.4 Å². The highest BCUT2D eigenvalue weighted by molar-refractivity contribution is 6.10. The van der Waals surface area contributed by atoms with E-state index in [1.807, 2.05) is 0 Å². The van der Waals surface area contributed by atoms with Crippen molar-refractivity contribution < 1.29 is 33.7 Å². The molecule has 0 saturated carbocycles. The number of halogens is 1. The molecule has 2 atom stereocenters. The molecule has 29 heavy (non-hydrogen) atoms. The molecule has 0 fully saturated rings. The van der Waals surface area contributed by atoms with E-state index in [0.29, 0.717) is 16.9 Å². The molecular formula is C20H15FN2O6. The van der Waals surface area contributed by atoms with E-state index in [0.717, 1.165) is 0 Å². The molecule has 2 aromatic rings. The van der Waals surface area contributed by atoms with Gasteiger partial charge in [0.25, 0.3) is 5.91 Å². The zero-order chi connectivity index (χ0) is 21.1. The Balaban J connectivity index is 1.89. The minimum Gasteiger partial charge on any atom is -0.497 e. The number of amides is 1. The number of carboxylic acids is 1. The Morgan fingerprint density at radius 2 is 1.93 bits per heavy atom. The Kier molecular flexibility index (Phi) is 5.59. The number of carboxylic acid groups (broad SMARTS) is 1. The third-order valence-corrected chi connectivity index (χ3v) is 4.28. The van der Waals surface area contributed by atoms with Crippen molar-refractivity contribution in [2.24, 2.45) is 0 Å². The molecule has 2 aromatic carbocycles. The molecule has 8 nitrogen and oxygen atoms in total. The van der Waals surface area contributed by atoms with E-state index in [9.17, 15) is 24.2 Å². The predicted molar refractivity (Wildman–Crippen MR) is 98.2 cm³/mol. The fourth-order valence-corrected chi connectivity index (χ4v) is 2.88. The van der Waals surface area contributed by atoms with Crippen molar-refractivity contribution in [2.45, 2.75) is 12.4 Å². The second-order valence-corrected chi connectivity index (χ2v) is 6.01. The monoisotopic (exact) mass is 398 g/mol. The summed E-state index contributed by atoms with van der Waals surface area (Å²) < 4.78 is 24.4. The van der Waals surface area contributed by atoms with Crippen LogP contribution in [0.3, 0.4) is 0 Å². The minimum atomic E-state index is -1.93. The van der Waals surface area contributed by atoms with Gasteiger partial charge in [-0.1, -0.05) is 18.2 Å². The number of methoxy groups -OCH3 is 1. The first kappa shape index (κ1) is 20.0. The molecule has 0 aromatic heterocycles. The number of carbonyl (C=O) groups excluding carboxylic acids is 1. The van der Waals surface area contributed by atoms with Gasteiger partial charge in [-0.25, -0.2) is 9.18 Å². The molecule has 1 aliphatic heterocycles. The van der Waals surface area contributed by atoms with Crippen molar-refractivity contribution in [3.05, 3.63) is 59.4 Å². The Labute approximate surface area is 164 Å². The number of hydrogen-bond donors (Lipinski definition) is 3. The molecule has 2 unspecified atom stereocenters. The maximum atomic E-state index is 14.6. The van der Waals surface area contributed by atoms with Crippen LogP contribution in [-0.4, -0.2) is 41.6 Å². The minimum absolute atomic E-state index is 0.225. The van der Waals surface area contributed by atoms with Crippen LogP contribution < -0.4 is 10.1 Å². The number of aliphatic hydroxyl groups is 1. The lowest BCUT2D eigenvalue weighted by atomic mass is 10.0. The second-order valence-electron chi connectivity index (χ2n) is 6.01. The lowest BCUT2D eigenvalue weighted by Gasteiger charge is -2.11. The summed E-state index contributed by atoms with van der Waals surface area (Å²) in [6.07, 6.45) is -3.52. The van der Waals surface area contributed by atoms with Crippen molar-refractivity contribution in [1.82, 2.24) is 0 Å². The summed E-state index contributed by atoms with van der Waals surface area (Å²) >= 11 is 0. The largest absolute Gasteiger partial charge is 0.497 e. The molecule has 9 heteroatoms. The van der Waals surface area contributed by atoms with E-state index in [-0.39, 0.29) is 5.69 Å². The zero-order valence-corrected chi connectivity index (χ0v) is 15.0. The van der Waals surface area contributed by atoms with Crippen LogP contribution in [0.25, 0.3) is 11.1 Å². The number of aliphatic carboxylic acids is 1. The molecule has 0 radical (unpaired) electrons. The van der Waals surface area contributed by atoms with Crippen LogP contribution in [0.2, 0.25) is 0 Å². The zero-order valence-electron chi connectivity index (χ0n) is 15.0. The maximum absolute atomic E-state index is 14.6. The van der Waals surface area contributed by atoms with Crippen molar-refractivity contribution >= 4 is 17.6 Å². The van der Waals surface area contributed by atoms with Crippen molar-refractivity contribution in [3.63, 3.8) is 0 Å². The average molecular weight is 398 g/mol. The quantitative estimate of drug-likeness (QED) is 0.703. The number of aliphatic hydroxyl groups excluding tert-OH is 1. The number of hydrogen-bond acceptors (Lipinski definition) is 6. The highest BCUT2D eigenvalue weighted by Gasteiger charge is 2.41. The normalized spacial score (nSPS) is 18.3. The van der Waals surface area contributed by atoms with Crippen LogP contribution in [0.1, 0.15) is 0 Å². The molecule has 0 bridgehead atoms. The van der Waals surface area contributed by atoms with Gasteiger partial charge in [-0.3, -0.25) is 4.79 Å². The standard InChI is InChI=1S/C20H15FN2O6/c1-28-12-4-2-3-10(7-12)11-5-6-14(13(21)8-11)23-18(24)16-15(9-22)29-20(27)17(16)19(25)26/h2-8,15,20,27H,1H3,(H,23,24)(H,25,26). The first-order valence-electron chi connectivity index (χ1n) is 8.31. The molecule has 0 spiro atoms. The molecule has 0 saturated heterocycles. The number of nitrogens with zero attached hydrogens (tertiary/aromatic N) is 1. The van der Waals surface area contributed by atoms with E-state index in [4.69, 9.17) is 14.7 Å². The lowest BCUT2D eigenvalue weighted by molar-refractivity contribution is -0.137. The number of carbonyl (C=O) groups is 2. The number of anilines is 1. The lowest BCUT2D eigenvalue weighted by Crippen LogP contribution is -2.23. The molecule has 148 valence electrons. The van der Waals surface area contributed by atoms with Crippen LogP contribution in [0.4, 0.5) is 10.1 Å². The van der Waals surface area contributed by atoms with E-state index in [1.165, 1.54) is 19.2 Å². The topological polar surface area (TPSA) is 129 Å². The highest BCUT2D eigenvalue weighted by atomic mass is 19.1. The summed E-state index contributed by atoms with van der Waals surface area (Å²) in [6, 6.07) is 12.6. The fraction of sp³-hybridized carbons (Fsp3) is 0.150. The number of rotatable bonds is 5. The molecule has 1 amide bonds. The van der Waals surface area contributed by atoms with Gasteiger partial charge in [0.05, 0.1) is 24.4 Å². The van der Waals surface area contributed by atoms with Crippen molar-refractivity contribution in [2.75, 3.05) is 12.4 Å². The molecule has 3 rings (SSSR count). The van der Waals surface area contributed by atoms with Crippen molar-refractivity contribution in [3.8, 4) is 22.9 Å². The van der Waals surface area contributed by atoms with Gasteiger partial charge in [0.15, 0.2) is 12.4 Å². The van der Waals surface area contributed by atoms with E-state index in [1.54, 1.807) is 36.4 Å². The summed E-state index contributed by atoms with van der Waals surface area (Å²) in [4.78, 5) is 23.8. The van der Waals surface area contributed by atoms with Crippen LogP contribution in [0.5, 0.6) is 5.75 Å². The molecule has 1 aliphatic rings. The van der Waals surface area contributed by atoms with Gasteiger partial charge in [0, 0.05) is 0 Å². The fourth-order valence-electron chi connectivity index (χ4n) is 2.88. The molecular weight excluding hydrogens is 383 g/mol. The summed E-state index contributed by atoms with van der Waals surface area (Å²) in [5, 5.41) is 30.1. The van der Waals surface area contributed by atoms with Crippen molar-refractivity contribution in [1.29, 1.82) is 5.26 Å². The summed E-state index contributed by atoms with van der Waals surface area (Å²) in [6.45, 7) is 0. The van der Waals surface area contributed by atoms with E-state index < -0.39 is 41.2 Å². The Hall–Kier alpha value is -3.74. The highest BCUT2D eigenvalue weighted by Crippen LogP contribution is 2.30. The summed E-state index contributed by atoms with van der Waals surface area (Å²) in [7, 11) is 1.51. The van der Waals surface area contributed by atoms with E-state index in [2.05, 4.69) is 5.32 Å². The Morgan fingerprint density at radius 1 is 1.21 bits per heavy atom. The Bertz CT molecular complexity index is 1060. The van der Waals surface area contributed by atoms with Gasteiger partial charge < -0.3 is 25.0 Å². The van der Waals surface area contributed by atoms with Crippen LogP contribution in [-0.2, 0) is 14.3 Å².